The van der Waals surface area contributed by atoms with Gasteiger partial charge in [0, 0.05) is 43.0 Å². The first-order valence-electron chi connectivity index (χ1n) is 5.80. The van der Waals surface area contributed by atoms with Crippen molar-refractivity contribution in [3.8, 4) is 5.75 Å². The SMILES string of the molecule is C/C=C/N1CCN(c2cc(O)cc(Cl)c2)CC1.Cl. The number of aromatic hydroxyl groups is 1. The predicted octanol–water partition coefficient (Wildman–Crippen LogP) is 3.12. The van der Waals surface area contributed by atoms with Crippen LogP contribution in [0.25, 0.3) is 0 Å². The van der Waals surface area contributed by atoms with Crippen LogP contribution < -0.4 is 4.90 Å². The molecule has 0 atom stereocenters. The summed E-state index contributed by atoms with van der Waals surface area (Å²) in [5.41, 5.74) is 0.995. The maximum Gasteiger partial charge on any atom is 0.119 e. The average molecular weight is 289 g/mol. The van der Waals surface area contributed by atoms with E-state index in [4.69, 9.17) is 11.6 Å². The molecular formula is C13H18Cl2N2O. The molecule has 1 N–H and O–H groups in total. The van der Waals surface area contributed by atoms with E-state index >= 15 is 0 Å². The number of phenolic OH excluding ortho intramolecular Hbond substituents is 1. The van der Waals surface area contributed by atoms with Crippen LogP contribution in [0.2, 0.25) is 5.02 Å². The van der Waals surface area contributed by atoms with Crippen molar-refractivity contribution in [3.63, 3.8) is 0 Å². The third-order valence-electron chi connectivity index (χ3n) is 2.91. The summed E-state index contributed by atoms with van der Waals surface area (Å²) < 4.78 is 0. The van der Waals surface area contributed by atoms with Crippen LogP contribution in [0.15, 0.2) is 30.5 Å². The van der Waals surface area contributed by atoms with Crippen molar-refractivity contribution >= 4 is 29.7 Å². The minimum absolute atomic E-state index is 0. The third-order valence-corrected chi connectivity index (χ3v) is 3.12. The molecule has 1 aliphatic heterocycles. The van der Waals surface area contributed by atoms with Gasteiger partial charge in [-0.1, -0.05) is 17.7 Å². The second-order valence-electron chi connectivity index (χ2n) is 4.17. The van der Waals surface area contributed by atoms with Crippen molar-refractivity contribution in [3.05, 3.63) is 35.5 Å². The largest absolute Gasteiger partial charge is 0.508 e. The number of hydrogen-bond donors (Lipinski definition) is 1. The first kappa shape index (κ1) is 15.0. The summed E-state index contributed by atoms with van der Waals surface area (Å²) in [6.45, 7) is 5.92. The smallest absolute Gasteiger partial charge is 0.119 e. The van der Waals surface area contributed by atoms with Crippen molar-refractivity contribution in [2.24, 2.45) is 0 Å². The first-order chi connectivity index (χ1) is 8.19. The molecule has 0 aliphatic carbocycles. The Balaban J connectivity index is 0.00000162. The van der Waals surface area contributed by atoms with Crippen LogP contribution in [-0.2, 0) is 0 Å². The van der Waals surface area contributed by atoms with Gasteiger partial charge in [0.2, 0.25) is 0 Å². The molecule has 18 heavy (non-hydrogen) atoms. The highest BCUT2D eigenvalue weighted by Gasteiger charge is 2.15. The number of halogens is 2. The number of phenols is 1. The fourth-order valence-electron chi connectivity index (χ4n) is 2.08. The standard InChI is InChI=1S/C13H17ClN2O.ClH/c1-2-3-15-4-6-16(7-5-15)12-8-11(14)9-13(17)10-12;/h2-3,8-10,17H,4-7H2,1H3;1H/b3-2+;. The summed E-state index contributed by atoms with van der Waals surface area (Å²) in [6, 6.07) is 5.21. The van der Waals surface area contributed by atoms with E-state index in [9.17, 15) is 5.11 Å². The number of allylic oxidation sites excluding steroid dienone is 1. The van der Waals surface area contributed by atoms with Gasteiger partial charge in [-0.05, 0) is 25.3 Å². The summed E-state index contributed by atoms with van der Waals surface area (Å²) in [4.78, 5) is 4.53. The Labute approximate surface area is 119 Å². The Morgan fingerprint density at radius 2 is 1.83 bits per heavy atom. The summed E-state index contributed by atoms with van der Waals surface area (Å²) >= 11 is 5.94. The van der Waals surface area contributed by atoms with E-state index < -0.39 is 0 Å². The Kier molecular flexibility index (Phi) is 5.63. The third kappa shape index (κ3) is 3.72. The minimum Gasteiger partial charge on any atom is -0.508 e. The van der Waals surface area contributed by atoms with Crippen LogP contribution in [-0.4, -0.2) is 36.2 Å². The molecule has 2 rings (SSSR count). The van der Waals surface area contributed by atoms with E-state index in [0.29, 0.717) is 5.02 Å². The molecule has 1 aromatic carbocycles. The molecule has 0 saturated carbocycles. The van der Waals surface area contributed by atoms with Crippen LogP contribution in [0.4, 0.5) is 5.69 Å². The molecule has 3 nitrogen and oxygen atoms in total. The number of hydrogen-bond acceptors (Lipinski definition) is 3. The van der Waals surface area contributed by atoms with Gasteiger partial charge in [0.05, 0.1) is 0 Å². The molecule has 1 aromatic rings. The zero-order valence-electron chi connectivity index (χ0n) is 10.3. The molecule has 0 aromatic heterocycles. The van der Waals surface area contributed by atoms with Crippen molar-refractivity contribution in [2.75, 3.05) is 31.1 Å². The highest BCUT2D eigenvalue weighted by Crippen LogP contribution is 2.26. The van der Waals surface area contributed by atoms with Crippen molar-refractivity contribution < 1.29 is 5.11 Å². The van der Waals surface area contributed by atoms with E-state index in [1.54, 1.807) is 12.1 Å². The molecular weight excluding hydrogens is 271 g/mol. The van der Waals surface area contributed by atoms with E-state index in [0.717, 1.165) is 31.9 Å². The van der Waals surface area contributed by atoms with Gasteiger partial charge in [0.1, 0.15) is 5.75 Å². The average Bonchev–Trinajstić information content (AvgIpc) is 2.29. The van der Waals surface area contributed by atoms with Gasteiger partial charge in [-0.3, -0.25) is 0 Å². The number of anilines is 1. The minimum atomic E-state index is 0. The summed E-state index contributed by atoms with van der Waals surface area (Å²) in [7, 11) is 0. The quantitative estimate of drug-likeness (QED) is 0.906. The topological polar surface area (TPSA) is 26.7 Å². The Morgan fingerprint density at radius 3 is 2.39 bits per heavy atom. The Morgan fingerprint density at radius 1 is 1.17 bits per heavy atom. The molecule has 0 unspecified atom stereocenters. The molecule has 0 amide bonds. The van der Waals surface area contributed by atoms with Crippen LogP contribution in [0, 0.1) is 0 Å². The maximum atomic E-state index is 9.53. The van der Waals surface area contributed by atoms with Gasteiger partial charge in [-0.15, -0.1) is 12.4 Å². The number of benzene rings is 1. The monoisotopic (exact) mass is 288 g/mol. The van der Waals surface area contributed by atoms with Gasteiger partial charge >= 0.3 is 0 Å². The first-order valence-corrected chi connectivity index (χ1v) is 6.18. The number of rotatable bonds is 2. The fourth-order valence-corrected chi connectivity index (χ4v) is 2.31. The zero-order valence-corrected chi connectivity index (χ0v) is 11.9. The van der Waals surface area contributed by atoms with Crippen molar-refractivity contribution in [1.29, 1.82) is 0 Å². The van der Waals surface area contributed by atoms with Crippen LogP contribution in [0.5, 0.6) is 5.75 Å². The van der Waals surface area contributed by atoms with E-state index in [1.807, 2.05) is 13.0 Å². The van der Waals surface area contributed by atoms with Crippen molar-refractivity contribution in [2.45, 2.75) is 6.92 Å². The molecule has 1 saturated heterocycles. The van der Waals surface area contributed by atoms with E-state index in [-0.39, 0.29) is 18.2 Å². The maximum absolute atomic E-state index is 9.53. The number of nitrogens with zero attached hydrogens (tertiary/aromatic N) is 2. The van der Waals surface area contributed by atoms with E-state index in [1.165, 1.54) is 0 Å². The molecule has 1 fully saturated rings. The normalized spacial score (nSPS) is 15.9. The van der Waals surface area contributed by atoms with Gasteiger partial charge in [-0.2, -0.15) is 0 Å². The van der Waals surface area contributed by atoms with Crippen LogP contribution >= 0.6 is 24.0 Å². The predicted molar refractivity (Wildman–Crippen MR) is 79.0 cm³/mol. The van der Waals surface area contributed by atoms with Gasteiger partial charge < -0.3 is 14.9 Å². The van der Waals surface area contributed by atoms with Crippen LogP contribution in [0.3, 0.4) is 0 Å². The van der Waals surface area contributed by atoms with Gasteiger partial charge in [0.15, 0.2) is 0 Å². The number of piperazine rings is 1. The molecule has 0 spiro atoms. The Bertz CT molecular complexity index is 395. The second kappa shape index (κ2) is 6.76. The lowest BCUT2D eigenvalue weighted by atomic mass is 10.2. The molecule has 0 bridgehead atoms. The highest BCUT2D eigenvalue weighted by atomic mass is 35.5. The Hall–Kier alpha value is -1.06. The zero-order chi connectivity index (χ0) is 12.3. The summed E-state index contributed by atoms with van der Waals surface area (Å²) in [6.07, 6.45) is 4.17. The molecule has 100 valence electrons. The van der Waals surface area contributed by atoms with E-state index in [2.05, 4.69) is 22.1 Å². The second-order valence-corrected chi connectivity index (χ2v) is 4.61. The lowest BCUT2D eigenvalue weighted by Crippen LogP contribution is -2.44. The molecule has 5 heteroatoms. The lowest BCUT2D eigenvalue weighted by Gasteiger charge is -2.35. The van der Waals surface area contributed by atoms with Crippen molar-refractivity contribution in [1.82, 2.24) is 4.90 Å². The summed E-state index contributed by atoms with van der Waals surface area (Å²) in [5.74, 6) is 0.225. The molecule has 1 heterocycles. The fraction of sp³-hybridized carbons (Fsp3) is 0.385. The van der Waals surface area contributed by atoms with Gasteiger partial charge in [-0.25, -0.2) is 0 Å². The highest BCUT2D eigenvalue weighted by molar-refractivity contribution is 6.31. The molecule has 1 aliphatic rings. The molecule has 0 radical (unpaired) electrons. The van der Waals surface area contributed by atoms with Crippen LogP contribution in [0.1, 0.15) is 6.92 Å². The lowest BCUT2D eigenvalue weighted by molar-refractivity contribution is 0.348. The summed E-state index contributed by atoms with van der Waals surface area (Å²) in [5, 5.41) is 10.1. The van der Waals surface area contributed by atoms with Gasteiger partial charge in [0.25, 0.3) is 0 Å².